The molecule has 3 heterocycles. The lowest BCUT2D eigenvalue weighted by atomic mass is 10.0. The molecule has 0 radical (unpaired) electrons. The van der Waals surface area contributed by atoms with Crippen LogP contribution in [-0.4, -0.2) is 60.3 Å². The molecular weight excluding hydrogens is 419 g/mol. The minimum atomic E-state index is -4.30. The maximum Gasteiger partial charge on any atom is 0.404 e. The van der Waals surface area contributed by atoms with Crippen LogP contribution >= 0.6 is 11.8 Å². The summed E-state index contributed by atoms with van der Waals surface area (Å²) >= 11 is 0.930. The highest BCUT2D eigenvalue weighted by Crippen LogP contribution is 2.57. The molecule has 0 amide bonds. The number of likely N-dealkylation sites (N-methyl/N-ethyl adjacent to an activating group) is 1. The normalized spacial score (nSPS) is 20.1. The van der Waals surface area contributed by atoms with E-state index in [1.54, 1.807) is 0 Å². The molecule has 2 aliphatic heterocycles. The zero-order valence-corrected chi connectivity index (χ0v) is 18.3. The molecule has 1 unspecified atom stereocenters. The molecule has 0 spiro atoms. The number of benzene rings is 2. The molecule has 2 aliphatic rings. The number of fused-ring (bicyclic) bond motifs is 5. The van der Waals surface area contributed by atoms with E-state index in [0.717, 1.165) is 73.1 Å². The van der Waals surface area contributed by atoms with Gasteiger partial charge in [-0.25, -0.2) is 0 Å². The summed E-state index contributed by atoms with van der Waals surface area (Å²) in [7, 11) is 2.14. The van der Waals surface area contributed by atoms with Crippen molar-refractivity contribution in [3.05, 3.63) is 54.1 Å². The summed E-state index contributed by atoms with van der Waals surface area (Å²) < 4.78 is 44.5. The first-order chi connectivity index (χ1) is 14.9. The molecule has 3 aromatic rings. The van der Waals surface area contributed by atoms with Crippen LogP contribution in [0.1, 0.15) is 17.2 Å². The van der Waals surface area contributed by atoms with Crippen molar-refractivity contribution in [2.45, 2.75) is 29.3 Å². The molecule has 0 N–H and O–H groups in total. The lowest BCUT2D eigenvalue weighted by Crippen LogP contribution is -2.44. The van der Waals surface area contributed by atoms with Gasteiger partial charge in [0.2, 0.25) is 0 Å². The third-order valence-corrected chi connectivity index (χ3v) is 7.76. The van der Waals surface area contributed by atoms with E-state index >= 15 is 0 Å². The van der Waals surface area contributed by atoms with Crippen LogP contribution in [-0.2, 0) is 6.54 Å². The lowest BCUT2D eigenvalue weighted by Gasteiger charge is -2.32. The molecule has 5 rings (SSSR count). The number of halogens is 3. The van der Waals surface area contributed by atoms with E-state index in [0.29, 0.717) is 17.0 Å². The van der Waals surface area contributed by atoms with Crippen LogP contribution in [0, 0.1) is 0 Å². The van der Waals surface area contributed by atoms with Crippen LogP contribution in [0.5, 0.6) is 0 Å². The number of aromatic nitrogens is 1. The fourth-order valence-corrected chi connectivity index (χ4v) is 6.02. The van der Waals surface area contributed by atoms with Crippen LogP contribution in [0.3, 0.4) is 0 Å². The summed E-state index contributed by atoms with van der Waals surface area (Å²) in [6, 6.07) is 15.1. The second-order valence-electron chi connectivity index (χ2n) is 8.47. The highest BCUT2D eigenvalue weighted by molar-refractivity contribution is 7.99. The molecule has 1 aromatic heterocycles. The average Bonchev–Trinajstić information content (AvgIpc) is 3.09. The number of rotatable bonds is 4. The van der Waals surface area contributed by atoms with Crippen LogP contribution < -0.4 is 0 Å². The van der Waals surface area contributed by atoms with Gasteiger partial charge in [0.1, 0.15) is 5.25 Å². The van der Waals surface area contributed by atoms with Crippen molar-refractivity contribution in [3.63, 3.8) is 0 Å². The van der Waals surface area contributed by atoms with Gasteiger partial charge in [0.25, 0.3) is 0 Å². The van der Waals surface area contributed by atoms with E-state index < -0.39 is 11.4 Å². The van der Waals surface area contributed by atoms with Crippen molar-refractivity contribution in [3.8, 4) is 11.3 Å². The van der Waals surface area contributed by atoms with Crippen molar-refractivity contribution in [1.29, 1.82) is 0 Å². The van der Waals surface area contributed by atoms with Gasteiger partial charge in [-0.05, 0) is 32.1 Å². The Morgan fingerprint density at radius 3 is 2.42 bits per heavy atom. The molecule has 3 nitrogen and oxygen atoms in total. The van der Waals surface area contributed by atoms with Crippen LogP contribution in [0.4, 0.5) is 13.2 Å². The first kappa shape index (κ1) is 20.9. The maximum atomic E-state index is 14.1. The van der Waals surface area contributed by atoms with E-state index in [2.05, 4.69) is 21.4 Å². The Bertz CT molecular complexity index is 1080. The van der Waals surface area contributed by atoms with Crippen molar-refractivity contribution in [1.82, 2.24) is 14.4 Å². The molecule has 31 heavy (non-hydrogen) atoms. The second-order valence-corrected chi connectivity index (χ2v) is 9.61. The third-order valence-electron chi connectivity index (χ3n) is 6.41. The summed E-state index contributed by atoms with van der Waals surface area (Å²) in [6.45, 7) is 5.92. The predicted molar refractivity (Wildman–Crippen MR) is 121 cm³/mol. The summed E-state index contributed by atoms with van der Waals surface area (Å²) in [5.74, 6) is 0. The van der Waals surface area contributed by atoms with Crippen LogP contribution in [0.15, 0.2) is 53.4 Å². The molecule has 7 heteroatoms. The SMILES string of the molecule is CN1CCN(CCCn2c3c(c4ccccc42)C(C(F)(F)F)Sc2ccccc2-3)CC1. The lowest BCUT2D eigenvalue weighted by molar-refractivity contribution is -0.129. The Balaban J connectivity index is 1.55. The summed E-state index contributed by atoms with van der Waals surface area (Å²) in [5, 5.41) is -0.817. The number of thioether (sulfide) groups is 1. The predicted octanol–water partition coefficient (Wildman–Crippen LogP) is 5.65. The number of aryl methyl sites for hydroxylation is 1. The zero-order valence-electron chi connectivity index (χ0n) is 17.5. The highest BCUT2D eigenvalue weighted by Gasteiger charge is 2.47. The van der Waals surface area contributed by atoms with Crippen LogP contribution in [0.25, 0.3) is 22.2 Å². The molecule has 1 saturated heterocycles. The highest BCUT2D eigenvalue weighted by atomic mass is 32.2. The van der Waals surface area contributed by atoms with E-state index in [1.807, 2.05) is 48.5 Å². The van der Waals surface area contributed by atoms with E-state index in [-0.39, 0.29) is 0 Å². The Hall–Kier alpha value is -1.96. The van der Waals surface area contributed by atoms with Crippen molar-refractivity contribution >= 4 is 22.7 Å². The molecule has 0 saturated carbocycles. The molecule has 0 aliphatic carbocycles. The van der Waals surface area contributed by atoms with Gasteiger partial charge in [-0.15, -0.1) is 11.8 Å². The van der Waals surface area contributed by atoms with Gasteiger partial charge in [-0.3, -0.25) is 0 Å². The molecule has 0 bridgehead atoms. The fourth-order valence-electron chi connectivity index (χ4n) is 4.82. The Morgan fingerprint density at radius 2 is 1.65 bits per heavy atom. The van der Waals surface area contributed by atoms with Crippen molar-refractivity contribution in [2.24, 2.45) is 0 Å². The largest absolute Gasteiger partial charge is 0.404 e. The first-order valence-electron chi connectivity index (χ1n) is 10.8. The molecule has 164 valence electrons. The van der Waals surface area contributed by atoms with E-state index in [9.17, 15) is 13.2 Å². The number of para-hydroxylation sites is 1. The number of hydrogen-bond donors (Lipinski definition) is 0. The van der Waals surface area contributed by atoms with Gasteiger partial charge in [0.05, 0.1) is 5.69 Å². The van der Waals surface area contributed by atoms with Crippen LogP contribution in [0.2, 0.25) is 0 Å². The minimum Gasteiger partial charge on any atom is -0.340 e. The van der Waals surface area contributed by atoms with E-state index in [1.165, 1.54) is 0 Å². The van der Waals surface area contributed by atoms with E-state index in [4.69, 9.17) is 0 Å². The van der Waals surface area contributed by atoms with Gasteiger partial charge >= 0.3 is 6.18 Å². The minimum absolute atomic E-state index is 0.423. The zero-order chi connectivity index (χ0) is 21.6. The van der Waals surface area contributed by atoms with Gasteiger partial charge in [0.15, 0.2) is 0 Å². The summed E-state index contributed by atoms with van der Waals surface area (Å²) in [4.78, 5) is 5.50. The fraction of sp³-hybridized carbons (Fsp3) is 0.417. The monoisotopic (exact) mass is 445 g/mol. The van der Waals surface area contributed by atoms with Gasteiger partial charge in [-0.2, -0.15) is 13.2 Å². The van der Waals surface area contributed by atoms with Crippen molar-refractivity contribution in [2.75, 3.05) is 39.8 Å². The smallest absolute Gasteiger partial charge is 0.340 e. The van der Waals surface area contributed by atoms with Crippen molar-refractivity contribution < 1.29 is 13.2 Å². The third kappa shape index (κ3) is 3.88. The first-order valence-corrected chi connectivity index (χ1v) is 11.7. The second kappa shape index (κ2) is 8.19. The maximum absolute atomic E-state index is 14.1. The average molecular weight is 446 g/mol. The van der Waals surface area contributed by atoms with Gasteiger partial charge in [-0.1, -0.05) is 36.4 Å². The quantitative estimate of drug-likeness (QED) is 0.514. The Morgan fingerprint density at radius 1 is 0.935 bits per heavy atom. The molecule has 2 aromatic carbocycles. The Kier molecular flexibility index (Phi) is 5.52. The topological polar surface area (TPSA) is 11.4 Å². The molecule has 1 fully saturated rings. The number of piperazine rings is 1. The van der Waals surface area contributed by atoms with Gasteiger partial charge in [0, 0.05) is 59.6 Å². The molecule has 1 atom stereocenters. The summed E-state index contributed by atoms with van der Waals surface area (Å²) in [5.41, 5.74) is 2.99. The standard InChI is InChI=1S/C24H26F3N3S/c1-28-13-15-29(16-14-28)11-6-12-30-19-9-4-2-7-17(19)21-22(30)18-8-3-5-10-20(18)31-23(21)24(25,26)27/h2-5,7-10,23H,6,11-16H2,1H3. The Labute approximate surface area is 184 Å². The number of nitrogens with zero attached hydrogens (tertiary/aromatic N) is 3. The van der Waals surface area contributed by atoms with Gasteiger partial charge < -0.3 is 14.4 Å². The molecular formula is C24H26F3N3S. The number of alkyl halides is 3. The summed E-state index contributed by atoms with van der Waals surface area (Å²) in [6.07, 6.45) is -3.39. The number of hydrogen-bond acceptors (Lipinski definition) is 3.